The van der Waals surface area contributed by atoms with Crippen LogP contribution >= 0.6 is 0 Å². The van der Waals surface area contributed by atoms with Gasteiger partial charge in [0.25, 0.3) is 0 Å². The Kier molecular flexibility index (Phi) is 4.02. The number of nitrogens with zero attached hydrogens (tertiary/aromatic N) is 1. The molecule has 1 atom stereocenters. The van der Waals surface area contributed by atoms with E-state index in [4.69, 9.17) is 14.2 Å². The number of hydrogen-bond acceptors (Lipinski definition) is 6. The van der Waals surface area contributed by atoms with Crippen LogP contribution in [-0.4, -0.2) is 49.1 Å². The molecular formula is C20H21NO6. The van der Waals surface area contributed by atoms with Gasteiger partial charge < -0.3 is 29.3 Å². The molecule has 0 saturated heterocycles. The van der Waals surface area contributed by atoms with Crippen LogP contribution in [0.4, 0.5) is 4.79 Å². The third kappa shape index (κ3) is 2.45. The molecule has 4 rings (SSSR count). The summed E-state index contributed by atoms with van der Waals surface area (Å²) in [5.41, 5.74) is 4.31. The molecule has 0 unspecified atom stereocenters. The summed E-state index contributed by atoms with van der Waals surface area (Å²) in [6.45, 7) is 0.493. The van der Waals surface area contributed by atoms with Gasteiger partial charge in [-0.25, -0.2) is 4.79 Å². The summed E-state index contributed by atoms with van der Waals surface area (Å²) in [6, 6.07) is 4.84. The number of hydrogen-bond donors (Lipinski definition) is 2. The zero-order valence-electron chi connectivity index (χ0n) is 15.4. The summed E-state index contributed by atoms with van der Waals surface area (Å²) in [5, 5.41) is 20.7. The number of fused-ring (bicyclic) bond motifs is 2. The quantitative estimate of drug-likeness (QED) is 0.844. The van der Waals surface area contributed by atoms with Crippen LogP contribution in [0, 0.1) is 0 Å². The number of methoxy groups -OCH3 is 3. The minimum Gasteiger partial charge on any atom is -0.504 e. The standard InChI is InChI=1S/C20H21NO6/c1-25-16-9-12-11(8-14(16)22)6-13-17-10(4-5-21(13)20(24)27-3)7-15(23)19(26-2)18(12)17/h7-9,13,22-23H,4-6H2,1-3H3/t13-/m0/s1. The van der Waals surface area contributed by atoms with E-state index < -0.39 is 6.09 Å². The van der Waals surface area contributed by atoms with Gasteiger partial charge in [-0.15, -0.1) is 0 Å². The van der Waals surface area contributed by atoms with Gasteiger partial charge in [0.15, 0.2) is 23.0 Å². The molecule has 0 bridgehead atoms. The number of phenolic OH excluding ortho intramolecular Hbond substituents is 2. The maximum atomic E-state index is 12.3. The van der Waals surface area contributed by atoms with Crippen molar-refractivity contribution >= 4 is 6.09 Å². The number of aromatic hydroxyl groups is 2. The fourth-order valence-electron chi connectivity index (χ4n) is 4.27. The summed E-state index contributed by atoms with van der Waals surface area (Å²) < 4.78 is 15.7. The first-order valence-electron chi connectivity index (χ1n) is 8.67. The lowest BCUT2D eigenvalue weighted by Crippen LogP contribution is -2.42. The van der Waals surface area contributed by atoms with Crippen LogP contribution in [-0.2, 0) is 17.6 Å². The predicted octanol–water partition coefficient (Wildman–Crippen LogP) is 3.00. The summed E-state index contributed by atoms with van der Waals surface area (Å²) in [4.78, 5) is 14.0. The van der Waals surface area contributed by atoms with E-state index in [0.29, 0.717) is 30.9 Å². The minimum absolute atomic E-state index is 0.0273. The highest BCUT2D eigenvalue weighted by Crippen LogP contribution is 2.53. The summed E-state index contributed by atoms with van der Waals surface area (Å²) in [6.07, 6.45) is 0.733. The van der Waals surface area contributed by atoms with Crippen molar-refractivity contribution < 1.29 is 29.2 Å². The normalized spacial score (nSPS) is 17.0. The molecule has 2 aromatic carbocycles. The fraction of sp³-hybridized carbons (Fsp3) is 0.350. The van der Waals surface area contributed by atoms with Gasteiger partial charge in [0.1, 0.15) is 0 Å². The highest BCUT2D eigenvalue weighted by molar-refractivity contribution is 5.86. The molecule has 0 saturated carbocycles. The number of rotatable bonds is 2. The molecule has 7 heteroatoms. The molecule has 2 aromatic rings. The lowest BCUT2D eigenvalue weighted by molar-refractivity contribution is 0.100. The van der Waals surface area contributed by atoms with Gasteiger partial charge in [-0.2, -0.15) is 0 Å². The number of ether oxygens (including phenoxy) is 3. The SMILES string of the molecule is COC(=O)N1CCc2cc(O)c(OC)c3c2[C@@H]1Cc1cc(O)c(OC)cc1-3. The monoisotopic (exact) mass is 371 g/mol. The lowest BCUT2D eigenvalue weighted by atomic mass is 9.76. The van der Waals surface area contributed by atoms with Crippen molar-refractivity contribution in [2.24, 2.45) is 0 Å². The molecule has 2 N–H and O–H groups in total. The Labute approximate surface area is 156 Å². The van der Waals surface area contributed by atoms with Crippen LogP contribution in [0.1, 0.15) is 22.7 Å². The molecule has 0 fully saturated rings. The van der Waals surface area contributed by atoms with Gasteiger partial charge >= 0.3 is 6.09 Å². The van der Waals surface area contributed by atoms with Crippen LogP contribution in [0.2, 0.25) is 0 Å². The van der Waals surface area contributed by atoms with E-state index in [1.165, 1.54) is 21.3 Å². The van der Waals surface area contributed by atoms with E-state index >= 15 is 0 Å². The van der Waals surface area contributed by atoms with Crippen LogP contribution < -0.4 is 9.47 Å². The zero-order valence-corrected chi connectivity index (χ0v) is 15.4. The molecule has 0 radical (unpaired) electrons. The molecule has 7 nitrogen and oxygen atoms in total. The smallest absolute Gasteiger partial charge is 0.410 e. The largest absolute Gasteiger partial charge is 0.504 e. The molecule has 142 valence electrons. The zero-order chi connectivity index (χ0) is 19.3. The van der Waals surface area contributed by atoms with E-state index in [-0.39, 0.29) is 17.5 Å². The molecule has 1 heterocycles. The van der Waals surface area contributed by atoms with Crippen LogP contribution in [0.15, 0.2) is 18.2 Å². The Morgan fingerprint density at radius 2 is 1.81 bits per heavy atom. The second kappa shape index (κ2) is 6.26. The van der Waals surface area contributed by atoms with Gasteiger partial charge in [0, 0.05) is 12.1 Å². The predicted molar refractivity (Wildman–Crippen MR) is 97.6 cm³/mol. The van der Waals surface area contributed by atoms with Gasteiger partial charge in [0.05, 0.1) is 27.4 Å². The second-order valence-corrected chi connectivity index (χ2v) is 6.69. The Hall–Kier alpha value is -3.09. The van der Waals surface area contributed by atoms with E-state index in [1.807, 2.05) is 0 Å². The number of phenols is 2. The average Bonchev–Trinajstić information content (AvgIpc) is 2.67. The summed E-state index contributed by atoms with van der Waals surface area (Å²) in [5.74, 6) is 0.766. The Balaban J connectivity index is 2.03. The minimum atomic E-state index is -0.398. The summed E-state index contributed by atoms with van der Waals surface area (Å²) >= 11 is 0. The molecular weight excluding hydrogens is 350 g/mol. The highest BCUT2D eigenvalue weighted by atomic mass is 16.5. The molecule has 2 aliphatic rings. The molecule has 1 aliphatic heterocycles. The van der Waals surface area contributed by atoms with Crippen LogP contribution in [0.25, 0.3) is 11.1 Å². The topological polar surface area (TPSA) is 88.5 Å². The third-order valence-corrected chi connectivity index (χ3v) is 5.42. The lowest BCUT2D eigenvalue weighted by Gasteiger charge is -2.41. The second-order valence-electron chi connectivity index (χ2n) is 6.69. The Morgan fingerprint density at radius 3 is 2.48 bits per heavy atom. The molecule has 0 aromatic heterocycles. The van der Waals surface area contributed by atoms with Crippen LogP contribution in [0.5, 0.6) is 23.0 Å². The first kappa shape index (κ1) is 17.3. The molecule has 0 spiro atoms. The number of benzene rings is 2. The Morgan fingerprint density at radius 1 is 1.07 bits per heavy atom. The fourth-order valence-corrected chi connectivity index (χ4v) is 4.27. The maximum absolute atomic E-state index is 12.3. The van der Waals surface area contributed by atoms with Crippen molar-refractivity contribution in [3.8, 4) is 34.1 Å². The van der Waals surface area contributed by atoms with Crippen molar-refractivity contribution in [2.75, 3.05) is 27.9 Å². The molecule has 1 aliphatic carbocycles. The number of carbonyl (C=O) groups excluding carboxylic acids is 1. The van der Waals surface area contributed by atoms with Crippen molar-refractivity contribution in [3.63, 3.8) is 0 Å². The number of amides is 1. The number of carbonyl (C=O) groups is 1. The Bertz CT molecular complexity index is 939. The summed E-state index contributed by atoms with van der Waals surface area (Å²) in [7, 11) is 4.35. The van der Waals surface area contributed by atoms with Gasteiger partial charge in [-0.3, -0.25) is 0 Å². The van der Waals surface area contributed by atoms with Crippen molar-refractivity contribution in [1.82, 2.24) is 4.90 Å². The van der Waals surface area contributed by atoms with E-state index in [1.54, 1.807) is 23.1 Å². The average molecular weight is 371 g/mol. The third-order valence-electron chi connectivity index (χ3n) is 5.42. The van der Waals surface area contributed by atoms with Gasteiger partial charge in [-0.05, 0) is 53.3 Å². The van der Waals surface area contributed by atoms with E-state index in [9.17, 15) is 15.0 Å². The molecule has 27 heavy (non-hydrogen) atoms. The van der Waals surface area contributed by atoms with Crippen LogP contribution in [0.3, 0.4) is 0 Å². The molecule has 1 amide bonds. The first-order valence-corrected chi connectivity index (χ1v) is 8.67. The van der Waals surface area contributed by atoms with Gasteiger partial charge in [-0.1, -0.05) is 0 Å². The van der Waals surface area contributed by atoms with Gasteiger partial charge in [0.2, 0.25) is 0 Å². The highest BCUT2D eigenvalue weighted by Gasteiger charge is 2.40. The van der Waals surface area contributed by atoms with Crippen molar-refractivity contribution in [3.05, 3.63) is 34.9 Å². The first-order chi connectivity index (χ1) is 13.0. The van der Waals surface area contributed by atoms with Crippen molar-refractivity contribution in [2.45, 2.75) is 18.9 Å². The maximum Gasteiger partial charge on any atom is 0.410 e. The van der Waals surface area contributed by atoms with E-state index in [0.717, 1.165) is 27.8 Å². The van der Waals surface area contributed by atoms with E-state index in [2.05, 4.69) is 0 Å². The van der Waals surface area contributed by atoms with Crippen molar-refractivity contribution in [1.29, 1.82) is 0 Å².